The van der Waals surface area contributed by atoms with E-state index in [2.05, 4.69) is 31.9 Å². The SMILES string of the molecule is O=C(COc1cc(Br)cc(F)c1F)c1cccc(Br)c1. The van der Waals surface area contributed by atoms with Gasteiger partial charge in [0.1, 0.15) is 0 Å². The first kappa shape index (κ1) is 15.1. The Morgan fingerprint density at radius 1 is 1.10 bits per heavy atom. The number of rotatable bonds is 4. The van der Waals surface area contributed by atoms with Crippen molar-refractivity contribution in [1.29, 1.82) is 0 Å². The molecule has 0 heterocycles. The predicted molar refractivity (Wildman–Crippen MR) is 78.0 cm³/mol. The van der Waals surface area contributed by atoms with Crippen LogP contribution in [0.15, 0.2) is 45.3 Å². The van der Waals surface area contributed by atoms with E-state index < -0.39 is 11.6 Å². The van der Waals surface area contributed by atoms with Gasteiger partial charge in [0.25, 0.3) is 0 Å². The minimum absolute atomic E-state index is 0.305. The smallest absolute Gasteiger partial charge is 0.200 e. The van der Waals surface area contributed by atoms with Crippen molar-refractivity contribution in [2.45, 2.75) is 0 Å². The molecule has 0 aliphatic heterocycles. The van der Waals surface area contributed by atoms with Crippen LogP contribution in [0.25, 0.3) is 0 Å². The van der Waals surface area contributed by atoms with Crippen LogP contribution in [0, 0.1) is 11.6 Å². The molecule has 20 heavy (non-hydrogen) atoms. The maximum Gasteiger partial charge on any atom is 0.200 e. The lowest BCUT2D eigenvalue weighted by atomic mass is 10.1. The third-order valence-corrected chi connectivity index (χ3v) is 3.42. The number of halogens is 4. The monoisotopic (exact) mass is 404 g/mol. The lowest BCUT2D eigenvalue weighted by Crippen LogP contribution is -2.12. The minimum Gasteiger partial charge on any atom is -0.482 e. The normalized spacial score (nSPS) is 10.4. The molecule has 0 saturated heterocycles. The van der Waals surface area contributed by atoms with Gasteiger partial charge in [-0.1, -0.05) is 44.0 Å². The quantitative estimate of drug-likeness (QED) is 0.541. The van der Waals surface area contributed by atoms with E-state index >= 15 is 0 Å². The molecule has 0 spiro atoms. The molecule has 2 nitrogen and oxygen atoms in total. The van der Waals surface area contributed by atoms with Gasteiger partial charge in [0.15, 0.2) is 24.0 Å². The van der Waals surface area contributed by atoms with Crippen LogP contribution in [0.1, 0.15) is 10.4 Å². The van der Waals surface area contributed by atoms with Crippen molar-refractivity contribution in [1.82, 2.24) is 0 Å². The Morgan fingerprint density at radius 3 is 2.55 bits per heavy atom. The maximum absolute atomic E-state index is 13.5. The summed E-state index contributed by atoms with van der Waals surface area (Å²) in [5, 5.41) is 0. The summed E-state index contributed by atoms with van der Waals surface area (Å²) in [6.45, 7) is -0.372. The summed E-state index contributed by atoms with van der Waals surface area (Å²) in [7, 11) is 0. The van der Waals surface area contributed by atoms with E-state index in [-0.39, 0.29) is 18.1 Å². The van der Waals surface area contributed by atoms with Gasteiger partial charge in [-0.15, -0.1) is 0 Å². The van der Waals surface area contributed by atoms with Gasteiger partial charge in [-0.3, -0.25) is 4.79 Å². The van der Waals surface area contributed by atoms with Gasteiger partial charge in [-0.05, 0) is 24.3 Å². The highest BCUT2D eigenvalue weighted by molar-refractivity contribution is 9.10. The fourth-order valence-corrected chi connectivity index (χ4v) is 2.33. The second-order valence-corrected chi connectivity index (χ2v) is 5.75. The average molecular weight is 406 g/mol. The molecule has 0 bridgehead atoms. The molecule has 0 fully saturated rings. The van der Waals surface area contributed by atoms with E-state index in [9.17, 15) is 13.6 Å². The Kier molecular flexibility index (Phi) is 4.88. The summed E-state index contributed by atoms with van der Waals surface area (Å²) in [5.41, 5.74) is 0.426. The summed E-state index contributed by atoms with van der Waals surface area (Å²) in [5.74, 6) is -2.79. The Morgan fingerprint density at radius 2 is 1.85 bits per heavy atom. The number of ketones is 1. The lowest BCUT2D eigenvalue weighted by molar-refractivity contribution is 0.0918. The van der Waals surface area contributed by atoms with Crippen molar-refractivity contribution in [2.75, 3.05) is 6.61 Å². The Balaban J connectivity index is 2.11. The van der Waals surface area contributed by atoms with Gasteiger partial charge in [-0.25, -0.2) is 4.39 Å². The van der Waals surface area contributed by atoms with E-state index in [0.717, 1.165) is 10.5 Å². The molecule has 2 aromatic carbocycles. The van der Waals surface area contributed by atoms with E-state index in [0.29, 0.717) is 10.0 Å². The van der Waals surface area contributed by atoms with Gasteiger partial charge in [0.05, 0.1) is 0 Å². The average Bonchev–Trinajstić information content (AvgIpc) is 2.40. The summed E-state index contributed by atoms with van der Waals surface area (Å²) in [6, 6.07) is 8.99. The predicted octanol–water partition coefficient (Wildman–Crippen LogP) is 4.75. The zero-order valence-corrected chi connectivity index (χ0v) is 13.2. The molecule has 0 aliphatic rings. The van der Waals surface area contributed by atoms with Gasteiger partial charge in [0, 0.05) is 14.5 Å². The standard InChI is InChI=1S/C14H8Br2F2O2/c15-9-3-1-2-8(4-9)12(19)7-20-13-6-10(16)5-11(17)14(13)18/h1-6H,7H2. The highest BCUT2D eigenvalue weighted by atomic mass is 79.9. The zero-order valence-electron chi connectivity index (χ0n) is 10.00. The number of Topliss-reactive ketones (excluding diaryl/α,β-unsaturated/α-hetero) is 1. The second kappa shape index (κ2) is 6.45. The first-order valence-corrected chi connectivity index (χ1v) is 7.12. The molecule has 104 valence electrons. The molecule has 2 rings (SSSR count). The molecule has 0 amide bonds. The topological polar surface area (TPSA) is 26.3 Å². The molecule has 0 atom stereocenters. The van der Waals surface area contributed by atoms with E-state index in [1.54, 1.807) is 24.3 Å². The molecule has 2 aromatic rings. The second-order valence-electron chi connectivity index (χ2n) is 3.92. The number of hydrogen-bond donors (Lipinski definition) is 0. The first-order chi connectivity index (χ1) is 9.47. The highest BCUT2D eigenvalue weighted by Crippen LogP contribution is 2.25. The Labute approximate surface area is 131 Å². The summed E-state index contributed by atoms with van der Waals surface area (Å²) in [6.07, 6.45) is 0. The highest BCUT2D eigenvalue weighted by Gasteiger charge is 2.13. The largest absolute Gasteiger partial charge is 0.482 e. The van der Waals surface area contributed by atoms with Crippen molar-refractivity contribution in [3.63, 3.8) is 0 Å². The minimum atomic E-state index is -1.12. The van der Waals surface area contributed by atoms with Gasteiger partial charge in [0.2, 0.25) is 5.82 Å². The van der Waals surface area contributed by atoms with Crippen LogP contribution < -0.4 is 4.74 Å². The summed E-state index contributed by atoms with van der Waals surface area (Å²) >= 11 is 6.28. The number of hydrogen-bond acceptors (Lipinski definition) is 2. The van der Waals surface area contributed by atoms with Gasteiger partial charge in [-0.2, -0.15) is 4.39 Å². The lowest BCUT2D eigenvalue weighted by Gasteiger charge is -2.08. The Hall–Kier alpha value is -1.27. The van der Waals surface area contributed by atoms with Crippen molar-refractivity contribution in [3.05, 3.63) is 62.5 Å². The number of benzene rings is 2. The van der Waals surface area contributed by atoms with E-state index in [1.807, 2.05) is 0 Å². The van der Waals surface area contributed by atoms with Crippen molar-refractivity contribution < 1.29 is 18.3 Å². The Bertz CT molecular complexity index is 660. The molecule has 0 aromatic heterocycles. The zero-order chi connectivity index (χ0) is 14.7. The van der Waals surface area contributed by atoms with E-state index in [1.165, 1.54) is 6.07 Å². The van der Waals surface area contributed by atoms with Crippen LogP contribution >= 0.6 is 31.9 Å². The number of carbonyl (C=O) groups excluding carboxylic acids is 1. The van der Waals surface area contributed by atoms with Crippen molar-refractivity contribution in [3.8, 4) is 5.75 Å². The van der Waals surface area contributed by atoms with Crippen LogP contribution in [0.3, 0.4) is 0 Å². The molecular weight excluding hydrogens is 398 g/mol. The maximum atomic E-state index is 13.5. The number of carbonyl (C=O) groups is 1. The molecule has 0 N–H and O–H groups in total. The molecule has 0 saturated carbocycles. The molecule has 0 unspecified atom stereocenters. The number of ether oxygens (including phenoxy) is 1. The van der Waals surface area contributed by atoms with Crippen LogP contribution in [0.2, 0.25) is 0 Å². The molecular formula is C14H8Br2F2O2. The third kappa shape index (κ3) is 3.64. The summed E-state index contributed by atoms with van der Waals surface area (Å²) < 4.78 is 32.8. The van der Waals surface area contributed by atoms with Crippen LogP contribution in [0.5, 0.6) is 5.75 Å². The van der Waals surface area contributed by atoms with Crippen molar-refractivity contribution >= 4 is 37.6 Å². The van der Waals surface area contributed by atoms with Gasteiger partial charge < -0.3 is 4.74 Å². The van der Waals surface area contributed by atoms with Crippen LogP contribution in [-0.2, 0) is 0 Å². The molecule has 0 aliphatic carbocycles. The fourth-order valence-electron chi connectivity index (χ4n) is 1.53. The van der Waals surface area contributed by atoms with Crippen LogP contribution in [0.4, 0.5) is 8.78 Å². The molecule has 6 heteroatoms. The fraction of sp³-hybridized carbons (Fsp3) is 0.0714. The van der Waals surface area contributed by atoms with Gasteiger partial charge >= 0.3 is 0 Å². The summed E-state index contributed by atoms with van der Waals surface area (Å²) in [4.78, 5) is 11.9. The molecule has 0 radical (unpaired) electrons. The first-order valence-electron chi connectivity index (χ1n) is 5.53. The van der Waals surface area contributed by atoms with E-state index in [4.69, 9.17) is 4.74 Å². The van der Waals surface area contributed by atoms with Crippen molar-refractivity contribution in [2.24, 2.45) is 0 Å². The van der Waals surface area contributed by atoms with Crippen LogP contribution in [-0.4, -0.2) is 12.4 Å². The third-order valence-electron chi connectivity index (χ3n) is 2.46.